The molecule has 4 N–H and O–H groups in total. The second-order valence-electron chi connectivity index (χ2n) is 7.35. The van der Waals surface area contributed by atoms with Crippen molar-refractivity contribution < 1.29 is 4.79 Å². The van der Waals surface area contributed by atoms with Crippen LogP contribution in [0.15, 0.2) is 76.1 Å². The van der Waals surface area contributed by atoms with E-state index in [0.717, 1.165) is 15.7 Å². The molecule has 0 saturated carbocycles. The van der Waals surface area contributed by atoms with Crippen LogP contribution in [0.2, 0.25) is 5.02 Å². The van der Waals surface area contributed by atoms with E-state index in [1.807, 2.05) is 0 Å². The fourth-order valence-corrected chi connectivity index (χ4v) is 3.51. The van der Waals surface area contributed by atoms with Crippen LogP contribution in [0.1, 0.15) is 15.9 Å². The Labute approximate surface area is 187 Å². The molecule has 9 nitrogen and oxygen atoms in total. The Hall–Kier alpha value is -3.82. The van der Waals surface area contributed by atoms with Gasteiger partial charge in [-0.05, 0) is 47.5 Å². The Bertz CT molecular complexity index is 1370. The molecule has 1 amide bonds. The molecule has 164 valence electrons. The van der Waals surface area contributed by atoms with Gasteiger partial charge in [-0.2, -0.15) is 0 Å². The molecule has 0 aliphatic carbocycles. The van der Waals surface area contributed by atoms with Gasteiger partial charge in [0.2, 0.25) is 0 Å². The zero-order valence-corrected chi connectivity index (χ0v) is 18.0. The van der Waals surface area contributed by atoms with Gasteiger partial charge >= 0.3 is 5.69 Å². The minimum Gasteiger partial charge on any atom is -0.348 e. The monoisotopic (exact) mass is 452 g/mol. The minimum absolute atomic E-state index is 0.0979. The molecule has 1 aliphatic heterocycles. The number of aryl methyl sites for hydroxylation is 1. The van der Waals surface area contributed by atoms with Crippen LogP contribution < -0.4 is 27.8 Å². The predicted molar refractivity (Wildman–Crippen MR) is 123 cm³/mol. The van der Waals surface area contributed by atoms with Gasteiger partial charge in [0, 0.05) is 36.6 Å². The molecule has 2 aromatic carbocycles. The van der Waals surface area contributed by atoms with Gasteiger partial charge in [0.15, 0.2) is 0 Å². The topological polar surface area (TPSA) is 114 Å². The van der Waals surface area contributed by atoms with E-state index in [1.54, 1.807) is 61.9 Å². The standard InChI is InChI=1S/C22H21ClN6O3/c1-27-19-7-4-16(20(30)25-11-15-8-9-29(24)26-12-15)10-18(19)21(31)28(22(27)32)13-14-2-5-17(23)6-3-14/h2-10,12,26H,11,13,24H2,1H3,(H,25,30). The fourth-order valence-electron chi connectivity index (χ4n) is 3.39. The van der Waals surface area contributed by atoms with Crippen LogP contribution >= 0.6 is 11.6 Å². The van der Waals surface area contributed by atoms with E-state index in [1.165, 1.54) is 15.8 Å². The summed E-state index contributed by atoms with van der Waals surface area (Å²) in [5, 5.41) is 4.94. The number of halogens is 1. The van der Waals surface area contributed by atoms with E-state index in [0.29, 0.717) is 16.1 Å². The maximum atomic E-state index is 13.1. The molecular formula is C22H21ClN6O3. The molecule has 4 rings (SSSR count). The summed E-state index contributed by atoms with van der Waals surface area (Å²) >= 11 is 5.92. The fraction of sp³-hybridized carbons (Fsp3) is 0.136. The van der Waals surface area contributed by atoms with Crippen molar-refractivity contribution in [3.8, 4) is 0 Å². The van der Waals surface area contributed by atoms with E-state index in [4.69, 9.17) is 17.4 Å². The molecular weight excluding hydrogens is 432 g/mol. The highest BCUT2D eigenvalue weighted by atomic mass is 35.5. The van der Waals surface area contributed by atoms with Gasteiger partial charge in [-0.3, -0.25) is 24.1 Å². The first kappa shape index (κ1) is 21.4. The summed E-state index contributed by atoms with van der Waals surface area (Å²) in [5.41, 5.74) is 4.26. The number of hydrogen-bond acceptors (Lipinski definition) is 6. The maximum Gasteiger partial charge on any atom is 0.331 e. The zero-order valence-electron chi connectivity index (χ0n) is 17.2. The summed E-state index contributed by atoms with van der Waals surface area (Å²) in [4.78, 5) is 38.6. The van der Waals surface area contributed by atoms with Gasteiger partial charge in [0.05, 0.1) is 17.4 Å². The van der Waals surface area contributed by atoms with Gasteiger partial charge in [-0.25, -0.2) is 15.8 Å². The number of hydrazine groups is 2. The summed E-state index contributed by atoms with van der Waals surface area (Å²) in [7, 11) is 1.60. The summed E-state index contributed by atoms with van der Waals surface area (Å²) in [6.45, 7) is 0.378. The van der Waals surface area contributed by atoms with Crippen molar-refractivity contribution >= 4 is 28.4 Å². The largest absolute Gasteiger partial charge is 0.348 e. The van der Waals surface area contributed by atoms with Crippen molar-refractivity contribution in [2.45, 2.75) is 6.54 Å². The summed E-state index contributed by atoms with van der Waals surface area (Å²) in [5.74, 6) is 5.20. The first-order valence-corrected chi connectivity index (χ1v) is 10.1. The van der Waals surface area contributed by atoms with E-state index in [2.05, 4.69) is 10.7 Å². The maximum absolute atomic E-state index is 13.1. The third-order valence-electron chi connectivity index (χ3n) is 5.17. The van der Waals surface area contributed by atoms with Gasteiger partial charge in [-0.15, -0.1) is 0 Å². The van der Waals surface area contributed by atoms with Crippen LogP contribution in [0.25, 0.3) is 10.9 Å². The number of rotatable bonds is 5. The highest BCUT2D eigenvalue weighted by Crippen LogP contribution is 2.13. The molecule has 1 aliphatic rings. The Morgan fingerprint density at radius 2 is 1.91 bits per heavy atom. The minimum atomic E-state index is -0.460. The molecule has 0 unspecified atom stereocenters. The Morgan fingerprint density at radius 3 is 2.59 bits per heavy atom. The number of fused-ring (bicyclic) bond motifs is 1. The van der Waals surface area contributed by atoms with Gasteiger partial charge < -0.3 is 5.32 Å². The van der Waals surface area contributed by atoms with Gasteiger partial charge in [-0.1, -0.05) is 23.7 Å². The van der Waals surface area contributed by atoms with Crippen molar-refractivity contribution in [3.05, 3.63) is 104 Å². The van der Waals surface area contributed by atoms with Crippen molar-refractivity contribution in [3.63, 3.8) is 0 Å². The first-order valence-electron chi connectivity index (χ1n) is 9.77. The number of aromatic nitrogens is 2. The molecule has 0 bridgehead atoms. The first-order chi connectivity index (χ1) is 15.3. The molecule has 10 heteroatoms. The quantitative estimate of drug-likeness (QED) is 0.501. The number of benzene rings is 2. The SMILES string of the molecule is Cn1c(=O)n(Cc2ccc(Cl)cc2)c(=O)c2cc(C(=O)NCC3=CNN(N)C=C3)ccc21. The molecule has 0 radical (unpaired) electrons. The van der Waals surface area contributed by atoms with Gasteiger partial charge in [0.25, 0.3) is 11.5 Å². The number of amides is 1. The molecule has 32 heavy (non-hydrogen) atoms. The Morgan fingerprint density at radius 1 is 1.16 bits per heavy atom. The molecule has 3 aromatic rings. The second-order valence-corrected chi connectivity index (χ2v) is 7.78. The second kappa shape index (κ2) is 8.74. The molecule has 0 spiro atoms. The zero-order chi connectivity index (χ0) is 22.8. The molecule has 0 fully saturated rings. The summed E-state index contributed by atoms with van der Waals surface area (Å²) < 4.78 is 2.55. The van der Waals surface area contributed by atoms with Crippen LogP contribution in [-0.2, 0) is 13.6 Å². The number of carbonyl (C=O) groups is 1. The highest BCUT2D eigenvalue weighted by molar-refractivity contribution is 6.30. The third kappa shape index (κ3) is 4.29. The summed E-state index contributed by atoms with van der Waals surface area (Å²) in [6.07, 6.45) is 5.06. The van der Waals surface area contributed by atoms with E-state index < -0.39 is 11.2 Å². The lowest BCUT2D eigenvalue weighted by Crippen LogP contribution is -2.39. The summed E-state index contributed by atoms with van der Waals surface area (Å²) in [6, 6.07) is 11.6. The molecule has 0 atom stereocenters. The smallest absolute Gasteiger partial charge is 0.331 e. The number of nitrogens with one attached hydrogen (secondary N) is 2. The van der Waals surface area contributed by atoms with Crippen molar-refractivity contribution in [2.24, 2.45) is 12.9 Å². The number of carbonyl (C=O) groups excluding carboxylic acids is 1. The average molecular weight is 453 g/mol. The Balaban J connectivity index is 1.64. The lowest BCUT2D eigenvalue weighted by atomic mass is 10.1. The third-order valence-corrected chi connectivity index (χ3v) is 5.42. The average Bonchev–Trinajstić information content (AvgIpc) is 2.80. The van der Waals surface area contributed by atoms with Crippen molar-refractivity contribution in [2.75, 3.05) is 6.54 Å². The van der Waals surface area contributed by atoms with E-state index in [9.17, 15) is 14.4 Å². The van der Waals surface area contributed by atoms with Crippen LogP contribution in [0, 0.1) is 0 Å². The van der Waals surface area contributed by atoms with Crippen molar-refractivity contribution in [1.29, 1.82) is 0 Å². The van der Waals surface area contributed by atoms with Crippen LogP contribution in [0.3, 0.4) is 0 Å². The molecule has 1 aromatic heterocycles. The van der Waals surface area contributed by atoms with E-state index >= 15 is 0 Å². The highest BCUT2D eigenvalue weighted by Gasteiger charge is 2.15. The number of nitrogens with two attached hydrogens (primary N) is 1. The molecule has 0 saturated heterocycles. The van der Waals surface area contributed by atoms with Crippen LogP contribution in [0.5, 0.6) is 0 Å². The van der Waals surface area contributed by atoms with E-state index in [-0.39, 0.29) is 24.4 Å². The van der Waals surface area contributed by atoms with Crippen molar-refractivity contribution in [1.82, 2.24) is 25.0 Å². The van der Waals surface area contributed by atoms with Crippen LogP contribution in [-0.4, -0.2) is 26.7 Å². The predicted octanol–water partition coefficient (Wildman–Crippen LogP) is 1.22. The number of hydrogen-bond donors (Lipinski definition) is 3. The lowest BCUT2D eigenvalue weighted by molar-refractivity contribution is 0.0957. The Kier molecular flexibility index (Phi) is 5.85. The number of nitrogens with zero attached hydrogens (tertiary/aromatic N) is 3. The lowest BCUT2D eigenvalue weighted by Gasteiger charge is -2.18. The molecule has 2 heterocycles. The van der Waals surface area contributed by atoms with Crippen LogP contribution in [0.4, 0.5) is 0 Å². The van der Waals surface area contributed by atoms with Gasteiger partial charge in [0.1, 0.15) is 0 Å². The normalized spacial score (nSPS) is 13.1.